The number of ether oxygens (including phenoxy) is 1. The van der Waals surface area contributed by atoms with Crippen molar-refractivity contribution in [3.8, 4) is 11.5 Å². The Hall–Kier alpha value is -2.01. The van der Waals surface area contributed by atoms with Gasteiger partial charge in [-0.1, -0.05) is 23.8 Å². The smallest absolute Gasteiger partial charge is 0.185 e. The van der Waals surface area contributed by atoms with Gasteiger partial charge in [0.25, 0.3) is 0 Å². The van der Waals surface area contributed by atoms with E-state index in [1.54, 1.807) is 43.3 Å². The fourth-order valence-electron chi connectivity index (χ4n) is 2.06. The highest BCUT2D eigenvalue weighted by molar-refractivity contribution is 7.91. The van der Waals surface area contributed by atoms with Crippen molar-refractivity contribution in [1.82, 2.24) is 0 Å². The summed E-state index contributed by atoms with van der Waals surface area (Å²) in [5, 5.41) is 8.87. The predicted molar refractivity (Wildman–Crippen MR) is 81.4 cm³/mol. The zero-order chi connectivity index (χ0) is 15.6. The van der Waals surface area contributed by atoms with E-state index in [1.807, 2.05) is 6.92 Å². The summed E-state index contributed by atoms with van der Waals surface area (Å²) in [5.41, 5.74) is 1.58. The summed E-state index contributed by atoms with van der Waals surface area (Å²) < 4.78 is 30.3. The molecule has 21 heavy (non-hydrogen) atoms. The second-order valence-electron chi connectivity index (χ2n) is 4.93. The van der Waals surface area contributed by atoms with E-state index >= 15 is 0 Å². The number of sulfone groups is 1. The zero-order valence-electron chi connectivity index (χ0n) is 12.2. The number of hydrogen-bond donors (Lipinski definition) is 1. The van der Waals surface area contributed by atoms with Gasteiger partial charge in [-0.15, -0.1) is 0 Å². The molecule has 0 aliphatic rings. The van der Waals surface area contributed by atoms with E-state index in [0.29, 0.717) is 5.56 Å². The first-order valence-electron chi connectivity index (χ1n) is 6.53. The van der Waals surface area contributed by atoms with E-state index in [0.717, 1.165) is 5.56 Å². The minimum absolute atomic E-state index is 0.0128. The fraction of sp³-hybridized carbons (Fsp3) is 0.250. The highest BCUT2D eigenvalue weighted by atomic mass is 32.2. The van der Waals surface area contributed by atoms with Gasteiger partial charge in [-0.2, -0.15) is 0 Å². The van der Waals surface area contributed by atoms with Crippen LogP contribution < -0.4 is 4.74 Å². The van der Waals surface area contributed by atoms with Crippen molar-refractivity contribution in [3.63, 3.8) is 0 Å². The lowest BCUT2D eigenvalue weighted by molar-refractivity contribution is 0.373. The Morgan fingerprint density at radius 1 is 1.10 bits per heavy atom. The van der Waals surface area contributed by atoms with Gasteiger partial charge in [-0.3, -0.25) is 0 Å². The average molecular weight is 306 g/mol. The van der Waals surface area contributed by atoms with Crippen LogP contribution in [0.3, 0.4) is 0 Å². The topological polar surface area (TPSA) is 63.6 Å². The van der Waals surface area contributed by atoms with Crippen molar-refractivity contribution in [2.24, 2.45) is 0 Å². The number of aromatic hydroxyl groups is 1. The summed E-state index contributed by atoms with van der Waals surface area (Å²) in [4.78, 5) is 0.285. The highest BCUT2D eigenvalue weighted by Gasteiger charge is 2.25. The normalized spacial score (nSPS) is 12.9. The first kappa shape index (κ1) is 15.4. The Morgan fingerprint density at radius 2 is 1.71 bits per heavy atom. The van der Waals surface area contributed by atoms with E-state index in [9.17, 15) is 13.5 Å². The number of rotatable bonds is 4. The molecule has 0 spiro atoms. The Bertz CT molecular complexity index is 733. The molecule has 112 valence electrons. The number of phenolic OH excluding ortho intramolecular Hbond substituents is 1. The van der Waals surface area contributed by atoms with Crippen LogP contribution in [-0.2, 0) is 9.84 Å². The predicted octanol–water partition coefficient (Wildman–Crippen LogP) is 3.24. The minimum atomic E-state index is -3.48. The molecule has 5 heteroatoms. The van der Waals surface area contributed by atoms with Gasteiger partial charge in [0.15, 0.2) is 21.3 Å². The maximum absolute atomic E-state index is 12.6. The van der Waals surface area contributed by atoms with Crippen LogP contribution in [0.5, 0.6) is 11.5 Å². The number of benzene rings is 2. The molecule has 2 aromatic rings. The molecule has 2 rings (SSSR count). The molecule has 0 bridgehead atoms. The molecule has 0 aromatic heterocycles. The second kappa shape index (κ2) is 5.77. The highest BCUT2D eigenvalue weighted by Crippen LogP contribution is 2.34. The van der Waals surface area contributed by atoms with Crippen molar-refractivity contribution >= 4 is 9.84 Å². The van der Waals surface area contributed by atoms with Crippen molar-refractivity contribution < 1.29 is 18.3 Å². The first-order chi connectivity index (χ1) is 9.86. The fourth-order valence-corrected chi connectivity index (χ4v) is 3.49. The molecule has 0 radical (unpaired) electrons. The minimum Gasteiger partial charge on any atom is -0.504 e. The number of hydrogen-bond acceptors (Lipinski definition) is 4. The van der Waals surface area contributed by atoms with Gasteiger partial charge in [0.05, 0.1) is 17.3 Å². The Kier molecular flexibility index (Phi) is 4.23. The van der Waals surface area contributed by atoms with Crippen molar-refractivity contribution in [2.45, 2.75) is 24.0 Å². The van der Waals surface area contributed by atoms with E-state index in [2.05, 4.69) is 0 Å². The molecule has 2 aromatic carbocycles. The van der Waals surface area contributed by atoms with Gasteiger partial charge >= 0.3 is 0 Å². The summed E-state index contributed by atoms with van der Waals surface area (Å²) >= 11 is 0. The molecule has 0 fully saturated rings. The summed E-state index contributed by atoms with van der Waals surface area (Å²) in [6.07, 6.45) is 0. The molecule has 0 aliphatic carbocycles. The summed E-state index contributed by atoms with van der Waals surface area (Å²) in [7, 11) is -2.06. The van der Waals surface area contributed by atoms with Gasteiger partial charge in [0.1, 0.15) is 0 Å². The molecule has 1 atom stereocenters. The van der Waals surface area contributed by atoms with Crippen LogP contribution in [0.1, 0.15) is 23.3 Å². The van der Waals surface area contributed by atoms with Crippen LogP contribution >= 0.6 is 0 Å². The van der Waals surface area contributed by atoms with E-state index in [-0.39, 0.29) is 16.4 Å². The lowest BCUT2D eigenvalue weighted by Crippen LogP contribution is -2.10. The van der Waals surface area contributed by atoms with Crippen molar-refractivity contribution in [3.05, 3.63) is 53.6 Å². The van der Waals surface area contributed by atoms with Gasteiger partial charge in [0, 0.05) is 0 Å². The van der Waals surface area contributed by atoms with Crippen LogP contribution in [0, 0.1) is 6.92 Å². The van der Waals surface area contributed by atoms with Crippen molar-refractivity contribution in [2.75, 3.05) is 7.11 Å². The van der Waals surface area contributed by atoms with Gasteiger partial charge in [0.2, 0.25) is 0 Å². The quantitative estimate of drug-likeness (QED) is 0.942. The molecule has 0 aliphatic heterocycles. The van der Waals surface area contributed by atoms with Crippen LogP contribution in [0.25, 0.3) is 0 Å². The Labute approximate surface area is 124 Å². The summed E-state index contributed by atoms with van der Waals surface area (Å²) in [5.74, 6) is 0.250. The second-order valence-corrected chi connectivity index (χ2v) is 7.20. The molecule has 1 N–H and O–H groups in total. The molecule has 0 saturated heterocycles. The first-order valence-corrected chi connectivity index (χ1v) is 8.08. The molecule has 0 heterocycles. The van der Waals surface area contributed by atoms with E-state index in [1.165, 1.54) is 13.2 Å². The maximum atomic E-state index is 12.6. The third-order valence-electron chi connectivity index (χ3n) is 3.49. The van der Waals surface area contributed by atoms with Crippen LogP contribution in [0.15, 0.2) is 47.4 Å². The molecule has 4 nitrogen and oxygen atoms in total. The number of aryl methyl sites for hydroxylation is 1. The van der Waals surface area contributed by atoms with Gasteiger partial charge in [-0.25, -0.2) is 8.42 Å². The Balaban J connectivity index is 2.42. The third-order valence-corrected chi connectivity index (χ3v) is 5.62. The van der Waals surface area contributed by atoms with Crippen LogP contribution in [0.2, 0.25) is 0 Å². The Morgan fingerprint density at radius 3 is 2.29 bits per heavy atom. The molecule has 0 amide bonds. The van der Waals surface area contributed by atoms with Gasteiger partial charge < -0.3 is 9.84 Å². The molecule has 0 saturated carbocycles. The number of methoxy groups -OCH3 is 1. The van der Waals surface area contributed by atoms with Gasteiger partial charge in [-0.05, 0) is 43.7 Å². The molecular formula is C16H18O4S. The summed E-state index contributed by atoms with van der Waals surface area (Å²) in [6.45, 7) is 3.53. The monoisotopic (exact) mass is 306 g/mol. The number of phenols is 1. The molecule has 0 unspecified atom stereocenters. The lowest BCUT2D eigenvalue weighted by atomic mass is 10.1. The third kappa shape index (κ3) is 3.03. The van der Waals surface area contributed by atoms with Crippen molar-refractivity contribution in [1.29, 1.82) is 0 Å². The van der Waals surface area contributed by atoms with Crippen LogP contribution in [-0.4, -0.2) is 20.6 Å². The van der Waals surface area contributed by atoms with Crippen LogP contribution in [0.4, 0.5) is 0 Å². The van der Waals surface area contributed by atoms with E-state index in [4.69, 9.17) is 4.74 Å². The summed E-state index contributed by atoms with van der Waals surface area (Å²) in [6, 6.07) is 11.3. The SMILES string of the molecule is COc1cc([C@@H](C)S(=O)(=O)c2ccc(C)cc2)ccc1O. The molecular weight excluding hydrogens is 288 g/mol. The lowest BCUT2D eigenvalue weighted by Gasteiger charge is -2.15. The largest absolute Gasteiger partial charge is 0.504 e. The average Bonchev–Trinajstić information content (AvgIpc) is 2.47. The maximum Gasteiger partial charge on any atom is 0.185 e. The standard InChI is InChI=1S/C16H18O4S/c1-11-4-7-14(8-5-11)21(18,19)12(2)13-6-9-15(17)16(10-13)20-3/h4-10,12,17H,1-3H3/t12-/m1/s1. The van der Waals surface area contributed by atoms with E-state index < -0.39 is 15.1 Å². The zero-order valence-corrected chi connectivity index (χ0v) is 13.0.